The van der Waals surface area contributed by atoms with Crippen LogP contribution in [-0.2, 0) is 6.54 Å². The van der Waals surface area contributed by atoms with Crippen molar-refractivity contribution in [3.63, 3.8) is 0 Å². The molecule has 2 aromatic rings. The Morgan fingerprint density at radius 1 is 1.35 bits per heavy atom. The fourth-order valence-electron chi connectivity index (χ4n) is 3.71. The average molecular weight is 358 g/mol. The van der Waals surface area contributed by atoms with Gasteiger partial charge in [0.25, 0.3) is 5.91 Å². The van der Waals surface area contributed by atoms with Crippen molar-refractivity contribution in [2.75, 3.05) is 39.3 Å². The van der Waals surface area contributed by atoms with E-state index in [4.69, 9.17) is 4.52 Å². The number of piperazine rings is 1. The molecule has 8 nitrogen and oxygen atoms in total. The van der Waals surface area contributed by atoms with E-state index in [2.05, 4.69) is 20.5 Å². The summed E-state index contributed by atoms with van der Waals surface area (Å²) in [5, 5.41) is 12.0. The number of rotatable bonds is 4. The van der Waals surface area contributed by atoms with Gasteiger partial charge in [-0.25, -0.2) is 0 Å². The number of aromatic nitrogens is 3. The van der Waals surface area contributed by atoms with Gasteiger partial charge < -0.3 is 14.7 Å². The summed E-state index contributed by atoms with van der Waals surface area (Å²) in [6.45, 7) is 7.77. The van der Waals surface area contributed by atoms with Crippen LogP contribution in [0.3, 0.4) is 0 Å². The van der Waals surface area contributed by atoms with Crippen molar-refractivity contribution in [2.24, 2.45) is 0 Å². The Balaban J connectivity index is 1.31. The standard InChI is InChI=1S/C18H26N6O2/c1-14-11-15(21-26-14)13-22-7-9-23(10-8-22)18(25)17-4-6-24(20-17)16-3-2-5-19-12-16/h4,6,11,16,19H,2-3,5,7-10,12-13H2,1H3. The van der Waals surface area contributed by atoms with Gasteiger partial charge in [0.1, 0.15) is 11.5 Å². The molecule has 0 radical (unpaired) electrons. The zero-order chi connectivity index (χ0) is 17.9. The molecule has 2 aliphatic heterocycles. The van der Waals surface area contributed by atoms with Crippen LogP contribution in [0.25, 0.3) is 0 Å². The Morgan fingerprint density at radius 3 is 2.88 bits per heavy atom. The number of nitrogens with one attached hydrogen (secondary N) is 1. The molecule has 8 heteroatoms. The zero-order valence-corrected chi connectivity index (χ0v) is 15.2. The average Bonchev–Trinajstić information content (AvgIpc) is 3.32. The van der Waals surface area contributed by atoms with E-state index < -0.39 is 0 Å². The third-order valence-electron chi connectivity index (χ3n) is 5.19. The summed E-state index contributed by atoms with van der Waals surface area (Å²) in [4.78, 5) is 17.0. The van der Waals surface area contributed by atoms with Crippen LogP contribution < -0.4 is 5.32 Å². The summed E-state index contributed by atoms with van der Waals surface area (Å²) < 4.78 is 7.07. The van der Waals surface area contributed by atoms with Gasteiger partial charge in [-0.2, -0.15) is 5.10 Å². The number of hydrogen-bond donors (Lipinski definition) is 1. The van der Waals surface area contributed by atoms with Crippen LogP contribution in [0.4, 0.5) is 0 Å². The summed E-state index contributed by atoms with van der Waals surface area (Å²) in [5.41, 5.74) is 1.50. The highest BCUT2D eigenvalue weighted by Crippen LogP contribution is 2.17. The number of aryl methyl sites for hydroxylation is 1. The predicted molar refractivity (Wildman–Crippen MR) is 95.8 cm³/mol. The maximum atomic E-state index is 12.8. The third kappa shape index (κ3) is 3.81. The maximum Gasteiger partial charge on any atom is 0.274 e. The van der Waals surface area contributed by atoms with Crippen molar-refractivity contribution in [2.45, 2.75) is 32.4 Å². The minimum atomic E-state index is 0.0319. The van der Waals surface area contributed by atoms with Crippen LogP contribution in [0.1, 0.15) is 40.8 Å². The molecule has 0 saturated carbocycles. The fourth-order valence-corrected chi connectivity index (χ4v) is 3.71. The summed E-state index contributed by atoms with van der Waals surface area (Å²) in [6, 6.07) is 4.17. The van der Waals surface area contributed by atoms with Gasteiger partial charge in [-0.15, -0.1) is 0 Å². The lowest BCUT2D eigenvalue weighted by molar-refractivity contribution is 0.0618. The van der Waals surface area contributed by atoms with Crippen molar-refractivity contribution in [3.05, 3.63) is 35.5 Å². The van der Waals surface area contributed by atoms with E-state index in [0.717, 1.165) is 57.0 Å². The topological polar surface area (TPSA) is 79.4 Å². The van der Waals surface area contributed by atoms with Gasteiger partial charge in [-0.1, -0.05) is 5.16 Å². The Bertz CT molecular complexity index is 740. The van der Waals surface area contributed by atoms with Crippen LogP contribution in [0, 0.1) is 6.92 Å². The number of hydrogen-bond acceptors (Lipinski definition) is 6. The summed E-state index contributed by atoms with van der Waals surface area (Å²) in [5.74, 6) is 0.863. The van der Waals surface area contributed by atoms with Crippen LogP contribution in [0.15, 0.2) is 22.9 Å². The summed E-state index contributed by atoms with van der Waals surface area (Å²) >= 11 is 0. The van der Waals surface area contributed by atoms with Crippen LogP contribution >= 0.6 is 0 Å². The number of amides is 1. The lowest BCUT2D eigenvalue weighted by atomic mass is 10.1. The van der Waals surface area contributed by atoms with Gasteiger partial charge >= 0.3 is 0 Å². The molecule has 0 aliphatic carbocycles. The molecule has 2 saturated heterocycles. The van der Waals surface area contributed by atoms with Gasteiger partial charge in [-0.3, -0.25) is 14.4 Å². The van der Waals surface area contributed by atoms with Crippen molar-refractivity contribution >= 4 is 5.91 Å². The summed E-state index contributed by atoms with van der Waals surface area (Å²) in [7, 11) is 0. The van der Waals surface area contributed by atoms with E-state index in [1.54, 1.807) is 0 Å². The van der Waals surface area contributed by atoms with E-state index >= 15 is 0 Å². The zero-order valence-electron chi connectivity index (χ0n) is 15.2. The molecular weight excluding hydrogens is 332 g/mol. The quantitative estimate of drug-likeness (QED) is 0.880. The van der Waals surface area contributed by atoms with E-state index in [0.29, 0.717) is 24.8 Å². The molecule has 0 bridgehead atoms. The van der Waals surface area contributed by atoms with Crippen molar-refractivity contribution in [1.82, 2.24) is 30.1 Å². The first-order valence-electron chi connectivity index (χ1n) is 9.39. The molecule has 0 spiro atoms. The molecule has 4 heterocycles. The highest BCUT2D eigenvalue weighted by molar-refractivity contribution is 5.92. The lowest BCUT2D eigenvalue weighted by Crippen LogP contribution is -2.48. The van der Waals surface area contributed by atoms with Crippen molar-refractivity contribution in [1.29, 1.82) is 0 Å². The Morgan fingerprint density at radius 2 is 2.19 bits per heavy atom. The number of nitrogens with zero attached hydrogens (tertiary/aromatic N) is 5. The molecule has 26 heavy (non-hydrogen) atoms. The number of carbonyl (C=O) groups excluding carboxylic acids is 1. The molecule has 2 aliphatic rings. The first-order valence-corrected chi connectivity index (χ1v) is 9.39. The molecule has 1 N–H and O–H groups in total. The maximum absolute atomic E-state index is 12.8. The van der Waals surface area contributed by atoms with Gasteiger partial charge in [0.15, 0.2) is 0 Å². The van der Waals surface area contributed by atoms with Gasteiger partial charge in [0.2, 0.25) is 0 Å². The van der Waals surface area contributed by atoms with Crippen molar-refractivity contribution < 1.29 is 9.32 Å². The molecule has 0 aromatic carbocycles. The predicted octanol–water partition coefficient (Wildman–Crippen LogP) is 1.06. The smallest absolute Gasteiger partial charge is 0.274 e. The normalized spacial score (nSPS) is 21.9. The molecule has 2 fully saturated rings. The minimum Gasteiger partial charge on any atom is -0.361 e. The van der Waals surface area contributed by atoms with E-state index in [1.807, 2.05) is 34.8 Å². The first-order chi connectivity index (χ1) is 12.7. The fraction of sp³-hybridized carbons (Fsp3) is 0.611. The monoisotopic (exact) mass is 358 g/mol. The van der Waals surface area contributed by atoms with E-state index in [-0.39, 0.29) is 5.91 Å². The minimum absolute atomic E-state index is 0.0319. The second-order valence-corrected chi connectivity index (χ2v) is 7.18. The Hall–Kier alpha value is -2.19. The molecule has 1 atom stereocenters. The van der Waals surface area contributed by atoms with E-state index in [9.17, 15) is 4.79 Å². The van der Waals surface area contributed by atoms with Gasteiger partial charge in [0.05, 0.1) is 11.7 Å². The van der Waals surface area contributed by atoms with Crippen LogP contribution in [-0.4, -0.2) is 69.9 Å². The highest BCUT2D eigenvalue weighted by Gasteiger charge is 2.25. The largest absolute Gasteiger partial charge is 0.361 e. The molecule has 4 rings (SSSR count). The van der Waals surface area contributed by atoms with Crippen LogP contribution in [0.2, 0.25) is 0 Å². The van der Waals surface area contributed by atoms with Crippen molar-refractivity contribution in [3.8, 4) is 0 Å². The molecule has 140 valence electrons. The second kappa shape index (κ2) is 7.59. The molecule has 1 unspecified atom stereocenters. The SMILES string of the molecule is Cc1cc(CN2CCN(C(=O)c3ccn(C4CCCNC4)n3)CC2)no1. The van der Waals surface area contributed by atoms with Gasteiger partial charge in [-0.05, 0) is 32.4 Å². The molecule has 1 amide bonds. The third-order valence-corrected chi connectivity index (χ3v) is 5.19. The van der Waals surface area contributed by atoms with Gasteiger partial charge in [0, 0.05) is 51.5 Å². The lowest BCUT2D eigenvalue weighted by Gasteiger charge is -2.33. The molecular formula is C18H26N6O2. The summed E-state index contributed by atoms with van der Waals surface area (Å²) in [6.07, 6.45) is 4.21. The second-order valence-electron chi connectivity index (χ2n) is 7.18. The Labute approximate surface area is 153 Å². The van der Waals surface area contributed by atoms with Crippen LogP contribution in [0.5, 0.6) is 0 Å². The first kappa shape index (κ1) is 17.2. The Kier molecular flexibility index (Phi) is 5.03. The number of piperidine rings is 1. The van der Waals surface area contributed by atoms with E-state index in [1.165, 1.54) is 0 Å². The molecule has 2 aromatic heterocycles. The highest BCUT2D eigenvalue weighted by atomic mass is 16.5. The number of carbonyl (C=O) groups is 1.